The second kappa shape index (κ2) is 8.61. The fourth-order valence-corrected chi connectivity index (χ4v) is 4.14. The number of hydrogen-bond donors (Lipinski definition) is 0. The number of para-hydroxylation sites is 1. The average Bonchev–Trinajstić information content (AvgIpc) is 2.77. The van der Waals surface area contributed by atoms with Crippen molar-refractivity contribution in [2.24, 2.45) is 0 Å². The van der Waals surface area contributed by atoms with Crippen LogP contribution in [0, 0.1) is 10.1 Å². The van der Waals surface area contributed by atoms with Crippen LogP contribution >= 0.6 is 0 Å². The molecule has 1 saturated heterocycles. The third kappa shape index (κ3) is 4.40. The van der Waals surface area contributed by atoms with Crippen LogP contribution in [0.3, 0.4) is 0 Å². The lowest BCUT2D eigenvalue weighted by atomic mass is 9.90. The quantitative estimate of drug-likeness (QED) is 0.573. The molecule has 2 heterocycles. The van der Waals surface area contributed by atoms with Crippen molar-refractivity contribution in [1.29, 1.82) is 0 Å². The van der Waals surface area contributed by atoms with Crippen LogP contribution in [0.4, 0.5) is 5.69 Å². The highest BCUT2D eigenvalue weighted by molar-refractivity contribution is 5.94. The minimum Gasteiger partial charge on any atom is -0.493 e. The number of ether oxygens (including phenoxy) is 1. The van der Waals surface area contributed by atoms with E-state index in [1.807, 2.05) is 17.0 Å². The number of benzene rings is 2. The molecule has 7 heteroatoms. The molecule has 152 valence electrons. The van der Waals surface area contributed by atoms with Gasteiger partial charge < -0.3 is 9.64 Å². The Hall–Kier alpha value is -2.93. The van der Waals surface area contributed by atoms with Gasteiger partial charge >= 0.3 is 0 Å². The minimum absolute atomic E-state index is 0.000977. The van der Waals surface area contributed by atoms with Crippen molar-refractivity contribution in [3.63, 3.8) is 0 Å². The van der Waals surface area contributed by atoms with Gasteiger partial charge in [-0.25, -0.2) is 0 Å². The number of nitrogens with zero attached hydrogens (tertiary/aromatic N) is 3. The first-order chi connectivity index (χ1) is 14.1. The maximum Gasteiger partial charge on any atom is 0.269 e. The number of carbonyl (C=O) groups excluding carboxylic acids is 1. The van der Waals surface area contributed by atoms with Crippen molar-refractivity contribution in [2.75, 3.05) is 39.3 Å². The average molecular weight is 395 g/mol. The van der Waals surface area contributed by atoms with Gasteiger partial charge in [-0.3, -0.25) is 19.8 Å². The number of nitro groups is 1. The zero-order valence-corrected chi connectivity index (χ0v) is 16.3. The van der Waals surface area contributed by atoms with E-state index < -0.39 is 4.92 Å². The lowest BCUT2D eigenvalue weighted by molar-refractivity contribution is -0.384. The van der Waals surface area contributed by atoms with Crippen LogP contribution < -0.4 is 4.74 Å². The van der Waals surface area contributed by atoms with Gasteiger partial charge in [0.25, 0.3) is 11.6 Å². The van der Waals surface area contributed by atoms with Crippen molar-refractivity contribution in [3.8, 4) is 5.75 Å². The van der Waals surface area contributed by atoms with Gasteiger partial charge in [0.05, 0.1) is 11.5 Å². The summed E-state index contributed by atoms with van der Waals surface area (Å²) in [6.45, 7) is 4.85. The highest BCUT2D eigenvalue weighted by atomic mass is 16.6. The number of carbonyl (C=O) groups is 1. The molecule has 0 radical (unpaired) electrons. The molecule has 0 aromatic heterocycles. The van der Waals surface area contributed by atoms with Gasteiger partial charge in [0, 0.05) is 43.9 Å². The van der Waals surface area contributed by atoms with Crippen LogP contribution in [-0.4, -0.2) is 60.0 Å². The number of rotatable bonds is 5. The van der Waals surface area contributed by atoms with E-state index in [1.54, 1.807) is 0 Å². The number of piperazine rings is 1. The molecule has 0 spiro atoms. The molecule has 2 aliphatic rings. The van der Waals surface area contributed by atoms with E-state index >= 15 is 0 Å². The van der Waals surface area contributed by atoms with Gasteiger partial charge in [0.1, 0.15) is 5.75 Å². The Bertz CT molecular complexity index is 876. The number of hydrogen-bond acceptors (Lipinski definition) is 5. The zero-order valence-electron chi connectivity index (χ0n) is 16.3. The van der Waals surface area contributed by atoms with E-state index in [4.69, 9.17) is 4.74 Å². The molecular formula is C22H25N3O4. The Morgan fingerprint density at radius 3 is 2.52 bits per heavy atom. The Morgan fingerprint density at radius 1 is 1.07 bits per heavy atom. The summed E-state index contributed by atoms with van der Waals surface area (Å²) in [4.78, 5) is 27.2. The van der Waals surface area contributed by atoms with Crippen LogP contribution in [0.1, 0.15) is 34.7 Å². The lowest BCUT2D eigenvalue weighted by Crippen LogP contribution is -2.49. The van der Waals surface area contributed by atoms with Crippen LogP contribution in [0.2, 0.25) is 0 Å². The van der Waals surface area contributed by atoms with Gasteiger partial charge in [-0.15, -0.1) is 0 Å². The van der Waals surface area contributed by atoms with Crippen molar-refractivity contribution in [3.05, 3.63) is 69.8 Å². The summed E-state index contributed by atoms with van der Waals surface area (Å²) < 4.78 is 5.75. The number of non-ortho nitro benzene ring substituents is 1. The predicted molar refractivity (Wildman–Crippen MR) is 109 cm³/mol. The lowest BCUT2D eigenvalue weighted by Gasteiger charge is -2.36. The van der Waals surface area contributed by atoms with Gasteiger partial charge in [-0.2, -0.15) is 0 Å². The number of fused-ring (bicyclic) bond motifs is 1. The molecule has 7 nitrogen and oxygen atoms in total. The smallest absolute Gasteiger partial charge is 0.269 e. The fourth-order valence-electron chi connectivity index (χ4n) is 4.14. The minimum atomic E-state index is -0.454. The summed E-state index contributed by atoms with van der Waals surface area (Å²) >= 11 is 0. The molecule has 29 heavy (non-hydrogen) atoms. The first kappa shape index (κ1) is 19.4. The summed E-state index contributed by atoms with van der Waals surface area (Å²) in [6, 6.07) is 14.1. The van der Waals surface area contributed by atoms with E-state index in [-0.39, 0.29) is 11.6 Å². The second-order valence-corrected chi connectivity index (χ2v) is 7.60. The van der Waals surface area contributed by atoms with E-state index in [1.165, 1.54) is 29.8 Å². The number of amides is 1. The maximum absolute atomic E-state index is 12.7. The molecule has 2 aromatic carbocycles. The molecule has 0 N–H and O–H groups in total. The Kier molecular flexibility index (Phi) is 5.76. The van der Waals surface area contributed by atoms with E-state index in [2.05, 4.69) is 17.0 Å². The molecule has 0 aliphatic carbocycles. The third-order valence-electron chi connectivity index (χ3n) is 5.86. The molecule has 1 amide bonds. The van der Waals surface area contributed by atoms with Gasteiger partial charge in [-0.1, -0.05) is 18.2 Å². The molecule has 4 rings (SSSR count). The Morgan fingerprint density at radius 2 is 1.79 bits per heavy atom. The van der Waals surface area contributed by atoms with Crippen molar-refractivity contribution >= 4 is 11.6 Å². The summed E-state index contributed by atoms with van der Waals surface area (Å²) in [6.07, 6.45) is 2.15. The molecule has 0 saturated carbocycles. The molecule has 2 aromatic rings. The monoisotopic (exact) mass is 395 g/mol. The molecule has 1 fully saturated rings. The van der Waals surface area contributed by atoms with Crippen molar-refractivity contribution in [1.82, 2.24) is 9.80 Å². The molecule has 0 bridgehead atoms. The van der Waals surface area contributed by atoms with Crippen LogP contribution in [0.15, 0.2) is 48.5 Å². The highest BCUT2D eigenvalue weighted by Crippen LogP contribution is 2.35. The van der Waals surface area contributed by atoms with Crippen molar-refractivity contribution < 1.29 is 14.5 Å². The second-order valence-electron chi connectivity index (χ2n) is 7.60. The highest BCUT2D eigenvalue weighted by Gasteiger charge is 2.25. The first-order valence-electron chi connectivity index (χ1n) is 10.1. The van der Waals surface area contributed by atoms with E-state index in [9.17, 15) is 14.9 Å². The SMILES string of the molecule is O=C(c1ccc([N+](=O)[O-])cc1)N1CCN(CCC2CCOc3ccccc32)CC1. The zero-order chi connectivity index (χ0) is 20.2. The summed E-state index contributed by atoms with van der Waals surface area (Å²) in [5.41, 5.74) is 1.81. The third-order valence-corrected chi connectivity index (χ3v) is 5.86. The normalized spacial score (nSPS) is 19.3. The fraction of sp³-hybridized carbons (Fsp3) is 0.409. The molecule has 1 atom stereocenters. The van der Waals surface area contributed by atoms with Gasteiger partial charge in [-0.05, 0) is 49.1 Å². The van der Waals surface area contributed by atoms with Crippen LogP contribution in [-0.2, 0) is 0 Å². The molecule has 1 unspecified atom stereocenters. The summed E-state index contributed by atoms with van der Waals surface area (Å²) in [7, 11) is 0. The Labute approximate surface area is 170 Å². The summed E-state index contributed by atoms with van der Waals surface area (Å²) in [5, 5.41) is 10.8. The topological polar surface area (TPSA) is 75.9 Å². The summed E-state index contributed by atoms with van der Waals surface area (Å²) in [5.74, 6) is 1.49. The number of nitro benzene ring substituents is 1. The molecular weight excluding hydrogens is 370 g/mol. The van der Waals surface area contributed by atoms with Gasteiger partial charge in [0.15, 0.2) is 0 Å². The predicted octanol–water partition coefficient (Wildman–Crippen LogP) is 3.31. The van der Waals surface area contributed by atoms with Crippen LogP contribution in [0.25, 0.3) is 0 Å². The van der Waals surface area contributed by atoms with E-state index in [0.717, 1.165) is 44.8 Å². The largest absolute Gasteiger partial charge is 0.493 e. The van der Waals surface area contributed by atoms with E-state index in [0.29, 0.717) is 24.6 Å². The standard InChI is InChI=1S/C22H25N3O4/c26-22(18-5-7-19(8-6-18)25(27)28)24-14-12-23(13-15-24)11-9-17-10-16-29-21-4-2-1-3-20(17)21/h1-8,17H,9-16H2. The maximum atomic E-state index is 12.7. The van der Waals surface area contributed by atoms with Crippen molar-refractivity contribution in [2.45, 2.75) is 18.8 Å². The van der Waals surface area contributed by atoms with Crippen LogP contribution in [0.5, 0.6) is 5.75 Å². The van der Waals surface area contributed by atoms with Gasteiger partial charge in [0.2, 0.25) is 0 Å². The Balaban J connectivity index is 1.28. The first-order valence-corrected chi connectivity index (χ1v) is 10.1. The molecule has 2 aliphatic heterocycles.